The molecule has 2 fully saturated rings. The molecule has 0 aromatic carbocycles. The van der Waals surface area contributed by atoms with Gasteiger partial charge in [0.2, 0.25) is 0 Å². The lowest BCUT2D eigenvalue weighted by molar-refractivity contribution is -0.168. The Hall–Kier alpha value is -0.570. The maximum absolute atomic E-state index is 12.4. The standard InChI is InChI=1S/C16H28O3/c1-4-12-11-13(14(5-2)18-12)15(17)19-16(3)9-7-6-8-10-16/h12-14H,4-11H2,1-3H3. The topological polar surface area (TPSA) is 35.5 Å². The van der Waals surface area contributed by atoms with Crippen LogP contribution in [-0.4, -0.2) is 23.8 Å². The van der Waals surface area contributed by atoms with E-state index in [2.05, 4.69) is 20.8 Å². The minimum Gasteiger partial charge on any atom is -0.459 e. The minimum atomic E-state index is -0.224. The van der Waals surface area contributed by atoms with Crippen LogP contribution in [0, 0.1) is 5.92 Å². The SMILES string of the molecule is CCC1CC(C(=O)OC2(C)CCCCC2)C(CC)O1. The predicted octanol–water partition coefficient (Wildman–Crippen LogP) is 3.85. The van der Waals surface area contributed by atoms with Crippen LogP contribution in [0.25, 0.3) is 0 Å². The molecule has 2 rings (SSSR count). The third kappa shape index (κ3) is 3.50. The smallest absolute Gasteiger partial charge is 0.312 e. The van der Waals surface area contributed by atoms with Crippen molar-refractivity contribution in [3.63, 3.8) is 0 Å². The van der Waals surface area contributed by atoms with E-state index in [1.165, 1.54) is 19.3 Å². The molecule has 3 nitrogen and oxygen atoms in total. The zero-order chi connectivity index (χ0) is 13.9. The quantitative estimate of drug-likeness (QED) is 0.727. The van der Waals surface area contributed by atoms with Crippen molar-refractivity contribution in [3.05, 3.63) is 0 Å². The van der Waals surface area contributed by atoms with Crippen LogP contribution in [0.5, 0.6) is 0 Å². The summed E-state index contributed by atoms with van der Waals surface area (Å²) in [6, 6.07) is 0. The van der Waals surface area contributed by atoms with Crippen molar-refractivity contribution >= 4 is 5.97 Å². The van der Waals surface area contributed by atoms with Gasteiger partial charge in [0.05, 0.1) is 18.1 Å². The number of esters is 1. The molecule has 0 amide bonds. The fourth-order valence-corrected chi connectivity index (χ4v) is 3.44. The molecule has 1 saturated carbocycles. The van der Waals surface area contributed by atoms with Crippen LogP contribution < -0.4 is 0 Å². The van der Waals surface area contributed by atoms with E-state index in [9.17, 15) is 4.79 Å². The second-order valence-corrected chi connectivity index (χ2v) is 6.39. The van der Waals surface area contributed by atoms with E-state index >= 15 is 0 Å². The third-order valence-corrected chi connectivity index (χ3v) is 4.75. The lowest BCUT2D eigenvalue weighted by Crippen LogP contribution is -2.38. The summed E-state index contributed by atoms with van der Waals surface area (Å²) in [5.41, 5.74) is -0.224. The summed E-state index contributed by atoms with van der Waals surface area (Å²) >= 11 is 0. The van der Waals surface area contributed by atoms with Gasteiger partial charge in [-0.05, 0) is 51.9 Å². The number of ether oxygens (including phenoxy) is 2. The molecule has 110 valence electrons. The van der Waals surface area contributed by atoms with Gasteiger partial charge >= 0.3 is 5.97 Å². The van der Waals surface area contributed by atoms with Crippen LogP contribution in [0.15, 0.2) is 0 Å². The van der Waals surface area contributed by atoms with Crippen molar-refractivity contribution in [3.8, 4) is 0 Å². The highest BCUT2D eigenvalue weighted by atomic mass is 16.6. The van der Waals surface area contributed by atoms with Crippen molar-refractivity contribution in [2.24, 2.45) is 5.92 Å². The molecule has 0 aromatic heterocycles. The Morgan fingerprint density at radius 2 is 1.89 bits per heavy atom. The molecule has 3 atom stereocenters. The Bertz CT molecular complexity index is 307. The van der Waals surface area contributed by atoms with E-state index in [0.29, 0.717) is 0 Å². The first-order valence-electron chi connectivity index (χ1n) is 7.96. The van der Waals surface area contributed by atoms with Crippen molar-refractivity contribution in [1.29, 1.82) is 0 Å². The molecule has 0 aromatic rings. The summed E-state index contributed by atoms with van der Waals surface area (Å²) in [4.78, 5) is 12.4. The predicted molar refractivity (Wildman–Crippen MR) is 74.9 cm³/mol. The first-order chi connectivity index (χ1) is 9.08. The first-order valence-corrected chi connectivity index (χ1v) is 7.96. The number of hydrogen-bond donors (Lipinski definition) is 0. The summed E-state index contributed by atoms with van der Waals surface area (Å²) in [7, 11) is 0. The number of rotatable bonds is 4. The zero-order valence-electron chi connectivity index (χ0n) is 12.6. The maximum Gasteiger partial charge on any atom is 0.312 e. The van der Waals surface area contributed by atoms with Crippen LogP contribution in [0.2, 0.25) is 0 Å². The van der Waals surface area contributed by atoms with Crippen molar-refractivity contribution in [2.45, 2.75) is 89.9 Å². The summed E-state index contributed by atoms with van der Waals surface area (Å²) in [5, 5.41) is 0. The van der Waals surface area contributed by atoms with Gasteiger partial charge in [0, 0.05) is 0 Å². The molecular weight excluding hydrogens is 240 g/mol. The average molecular weight is 268 g/mol. The van der Waals surface area contributed by atoms with Crippen molar-refractivity contribution < 1.29 is 14.3 Å². The molecular formula is C16H28O3. The average Bonchev–Trinajstić information content (AvgIpc) is 2.82. The largest absolute Gasteiger partial charge is 0.459 e. The fraction of sp³-hybridized carbons (Fsp3) is 0.938. The lowest BCUT2D eigenvalue weighted by Gasteiger charge is -2.34. The van der Waals surface area contributed by atoms with Gasteiger partial charge in [0.15, 0.2) is 0 Å². The van der Waals surface area contributed by atoms with Gasteiger partial charge in [-0.2, -0.15) is 0 Å². The van der Waals surface area contributed by atoms with Crippen LogP contribution in [0.4, 0.5) is 0 Å². The first kappa shape index (κ1) is 14.8. The van der Waals surface area contributed by atoms with Gasteiger partial charge < -0.3 is 9.47 Å². The minimum absolute atomic E-state index is 0.0211. The summed E-state index contributed by atoms with van der Waals surface area (Å²) in [6.45, 7) is 6.30. The van der Waals surface area contributed by atoms with Gasteiger partial charge in [0.1, 0.15) is 5.60 Å². The molecule has 1 heterocycles. The molecule has 0 radical (unpaired) electrons. The Labute approximate surface area is 117 Å². The monoisotopic (exact) mass is 268 g/mol. The molecule has 0 N–H and O–H groups in total. The van der Waals surface area contributed by atoms with Gasteiger partial charge in [-0.1, -0.05) is 20.3 Å². The number of hydrogen-bond acceptors (Lipinski definition) is 3. The van der Waals surface area contributed by atoms with Crippen LogP contribution >= 0.6 is 0 Å². The van der Waals surface area contributed by atoms with E-state index < -0.39 is 0 Å². The van der Waals surface area contributed by atoms with Gasteiger partial charge in [0.25, 0.3) is 0 Å². The van der Waals surface area contributed by atoms with Crippen molar-refractivity contribution in [1.82, 2.24) is 0 Å². The van der Waals surface area contributed by atoms with E-state index in [0.717, 1.165) is 32.1 Å². The Morgan fingerprint density at radius 1 is 1.21 bits per heavy atom. The van der Waals surface area contributed by atoms with Gasteiger partial charge in [-0.25, -0.2) is 0 Å². The second-order valence-electron chi connectivity index (χ2n) is 6.39. The van der Waals surface area contributed by atoms with Crippen LogP contribution in [0.3, 0.4) is 0 Å². The molecule has 2 aliphatic rings. The Kier molecular flexibility index (Phi) is 4.88. The highest BCUT2D eigenvalue weighted by Crippen LogP contribution is 2.36. The summed E-state index contributed by atoms with van der Waals surface area (Å²) in [6.07, 6.45) is 8.68. The fourth-order valence-electron chi connectivity index (χ4n) is 3.44. The highest BCUT2D eigenvalue weighted by Gasteiger charge is 2.41. The van der Waals surface area contributed by atoms with E-state index in [1.54, 1.807) is 0 Å². The third-order valence-electron chi connectivity index (χ3n) is 4.75. The van der Waals surface area contributed by atoms with Gasteiger partial charge in [-0.3, -0.25) is 4.79 Å². The molecule has 0 bridgehead atoms. The Morgan fingerprint density at radius 3 is 2.47 bits per heavy atom. The van der Waals surface area contributed by atoms with Gasteiger partial charge in [-0.15, -0.1) is 0 Å². The molecule has 0 spiro atoms. The van der Waals surface area contributed by atoms with Crippen LogP contribution in [0.1, 0.15) is 72.1 Å². The van der Waals surface area contributed by atoms with E-state index in [4.69, 9.17) is 9.47 Å². The van der Waals surface area contributed by atoms with Crippen molar-refractivity contribution in [2.75, 3.05) is 0 Å². The molecule has 3 heteroatoms. The molecule has 1 saturated heterocycles. The van der Waals surface area contributed by atoms with Crippen LogP contribution in [-0.2, 0) is 14.3 Å². The number of carbonyl (C=O) groups is 1. The summed E-state index contributed by atoms with van der Waals surface area (Å²) in [5.74, 6) is -0.0686. The van der Waals surface area contributed by atoms with E-state index in [-0.39, 0.29) is 29.7 Å². The lowest BCUT2D eigenvalue weighted by atomic mass is 9.86. The molecule has 19 heavy (non-hydrogen) atoms. The second kappa shape index (κ2) is 6.25. The molecule has 1 aliphatic carbocycles. The normalized spacial score (nSPS) is 34.2. The number of carbonyl (C=O) groups excluding carboxylic acids is 1. The zero-order valence-corrected chi connectivity index (χ0v) is 12.6. The molecule has 1 aliphatic heterocycles. The highest BCUT2D eigenvalue weighted by molar-refractivity contribution is 5.74. The van der Waals surface area contributed by atoms with E-state index in [1.807, 2.05) is 0 Å². The molecule has 3 unspecified atom stereocenters. The summed E-state index contributed by atoms with van der Waals surface area (Å²) < 4.78 is 11.8. The Balaban J connectivity index is 1.94. The maximum atomic E-state index is 12.4.